The summed E-state index contributed by atoms with van der Waals surface area (Å²) in [6.07, 6.45) is 15.7. The number of carboxylic acids is 2. The number of amides is 2. The number of nitrogens with one attached hydrogen (secondary N) is 2. The van der Waals surface area contributed by atoms with Crippen LogP contribution in [0, 0.1) is 0 Å². The lowest BCUT2D eigenvalue weighted by Gasteiger charge is -2.14. The first-order chi connectivity index (χ1) is 15.9. The van der Waals surface area contributed by atoms with E-state index in [4.69, 9.17) is 5.11 Å². The van der Waals surface area contributed by atoms with Crippen LogP contribution in [0.2, 0.25) is 0 Å². The topological polar surface area (TPSA) is 133 Å². The highest BCUT2D eigenvalue weighted by Gasteiger charge is 2.19. The highest BCUT2D eigenvalue weighted by atomic mass is 16.4. The Bertz CT molecular complexity index is 553. The minimum atomic E-state index is -1.01. The van der Waals surface area contributed by atoms with Gasteiger partial charge in [-0.15, -0.1) is 0 Å². The second-order valence-corrected chi connectivity index (χ2v) is 8.79. The Kier molecular flexibility index (Phi) is 20.3. The molecule has 0 aromatic heterocycles. The van der Waals surface area contributed by atoms with E-state index in [1.54, 1.807) is 6.92 Å². The predicted octanol–water partition coefficient (Wildman–Crippen LogP) is 4.80. The molecule has 2 amide bonds. The van der Waals surface area contributed by atoms with E-state index in [0.29, 0.717) is 38.6 Å². The zero-order valence-corrected chi connectivity index (χ0v) is 20.5. The highest BCUT2D eigenvalue weighted by molar-refractivity contribution is 5.83. The molecule has 0 aromatic carbocycles. The van der Waals surface area contributed by atoms with Gasteiger partial charge in [0.2, 0.25) is 11.8 Å². The van der Waals surface area contributed by atoms with E-state index in [2.05, 4.69) is 10.6 Å². The molecule has 8 heteroatoms. The van der Waals surface area contributed by atoms with Crippen LogP contribution in [0.1, 0.15) is 122 Å². The standard InChI is InChI=1S/C25H46N2O6/c1-2-22(28)26-20-16-15-17-21(25(32)33)27-23(29)18-13-11-9-7-5-3-4-6-8-10-12-14-19-24(30)31/h21H,2-20H2,1H3,(H,26,28)(H,27,29)(H,30,31)(H,32,33). The van der Waals surface area contributed by atoms with E-state index >= 15 is 0 Å². The summed E-state index contributed by atoms with van der Waals surface area (Å²) in [5, 5.41) is 23.3. The number of carbonyl (C=O) groups is 4. The third kappa shape index (κ3) is 21.5. The fraction of sp³-hybridized carbons (Fsp3) is 0.840. The molecular weight excluding hydrogens is 424 g/mol. The number of carbonyl (C=O) groups excluding carboxylic acids is 2. The van der Waals surface area contributed by atoms with Gasteiger partial charge in [-0.05, 0) is 32.1 Å². The Morgan fingerprint density at radius 1 is 0.636 bits per heavy atom. The molecule has 4 N–H and O–H groups in total. The fourth-order valence-corrected chi connectivity index (χ4v) is 3.68. The Labute approximate surface area is 199 Å². The van der Waals surface area contributed by atoms with Gasteiger partial charge in [0.15, 0.2) is 0 Å². The average molecular weight is 471 g/mol. The van der Waals surface area contributed by atoms with Crippen LogP contribution >= 0.6 is 0 Å². The van der Waals surface area contributed by atoms with Gasteiger partial charge in [0, 0.05) is 25.8 Å². The van der Waals surface area contributed by atoms with Crippen LogP contribution in [0.4, 0.5) is 0 Å². The SMILES string of the molecule is CCC(=O)NCCCCC(NC(=O)CCCCCCCCCCCCCCC(=O)O)C(=O)O. The van der Waals surface area contributed by atoms with Crippen LogP contribution in [0.3, 0.4) is 0 Å². The van der Waals surface area contributed by atoms with E-state index in [1.807, 2.05) is 0 Å². The molecule has 0 aliphatic rings. The summed E-state index contributed by atoms with van der Waals surface area (Å²) in [6.45, 7) is 2.31. The highest BCUT2D eigenvalue weighted by Crippen LogP contribution is 2.13. The molecule has 0 saturated heterocycles. The Hall–Kier alpha value is -2.12. The van der Waals surface area contributed by atoms with Crippen molar-refractivity contribution >= 4 is 23.8 Å². The van der Waals surface area contributed by atoms with Crippen molar-refractivity contribution in [2.45, 2.75) is 129 Å². The van der Waals surface area contributed by atoms with Crippen LogP contribution < -0.4 is 10.6 Å². The van der Waals surface area contributed by atoms with Crippen molar-refractivity contribution in [3.8, 4) is 0 Å². The summed E-state index contributed by atoms with van der Waals surface area (Å²) in [5.74, 6) is -1.94. The van der Waals surface area contributed by atoms with Gasteiger partial charge in [-0.2, -0.15) is 0 Å². The summed E-state index contributed by atoms with van der Waals surface area (Å²) in [4.78, 5) is 45.0. The van der Waals surface area contributed by atoms with Crippen LogP contribution in [-0.2, 0) is 19.2 Å². The largest absolute Gasteiger partial charge is 0.481 e. The molecule has 0 rings (SSSR count). The van der Waals surface area contributed by atoms with Gasteiger partial charge in [-0.25, -0.2) is 4.79 Å². The maximum atomic E-state index is 12.0. The van der Waals surface area contributed by atoms with Crippen molar-refractivity contribution in [3.05, 3.63) is 0 Å². The number of aliphatic carboxylic acids is 2. The van der Waals surface area contributed by atoms with E-state index in [1.165, 1.54) is 32.1 Å². The summed E-state index contributed by atoms with van der Waals surface area (Å²) in [7, 11) is 0. The molecule has 192 valence electrons. The number of hydrogen-bond acceptors (Lipinski definition) is 4. The van der Waals surface area contributed by atoms with Gasteiger partial charge in [0.05, 0.1) is 0 Å². The lowest BCUT2D eigenvalue weighted by molar-refractivity contribution is -0.142. The second-order valence-electron chi connectivity index (χ2n) is 8.79. The van der Waals surface area contributed by atoms with Gasteiger partial charge in [-0.3, -0.25) is 14.4 Å². The zero-order chi connectivity index (χ0) is 24.7. The summed E-state index contributed by atoms with van der Waals surface area (Å²) < 4.78 is 0. The molecular formula is C25H46N2O6. The van der Waals surface area contributed by atoms with Gasteiger partial charge >= 0.3 is 11.9 Å². The van der Waals surface area contributed by atoms with Crippen molar-refractivity contribution < 1.29 is 29.4 Å². The lowest BCUT2D eigenvalue weighted by Crippen LogP contribution is -2.40. The Balaban J connectivity index is 3.58. The maximum absolute atomic E-state index is 12.0. The monoisotopic (exact) mass is 470 g/mol. The lowest BCUT2D eigenvalue weighted by atomic mass is 10.0. The van der Waals surface area contributed by atoms with Crippen molar-refractivity contribution in [1.29, 1.82) is 0 Å². The Morgan fingerprint density at radius 3 is 1.58 bits per heavy atom. The summed E-state index contributed by atoms with van der Waals surface area (Å²) >= 11 is 0. The number of carboxylic acid groups (broad SMARTS) is 2. The minimum absolute atomic E-state index is 0.0141. The van der Waals surface area contributed by atoms with Crippen LogP contribution in [-0.4, -0.2) is 46.6 Å². The number of unbranched alkanes of at least 4 members (excludes halogenated alkanes) is 12. The number of rotatable bonds is 23. The third-order valence-electron chi connectivity index (χ3n) is 5.74. The molecule has 1 atom stereocenters. The third-order valence-corrected chi connectivity index (χ3v) is 5.74. The quantitative estimate of drug-likeness (QED) is 0.159. The normalized spacial score (nSPS) is 11.7. The fourth-order valence-electron chi connectivity index (χ4n) is 3.68. The molecule has 0 fully saturated rings. The number of hydrogen-bond donors (Lipinski definition) is 4. The van der Waals surface area contributed by atoms with E-state index in [-0.39, 0.29) is 18.2 Å². The van der Waals surface area contributed by atoms with Crippen molar-refractivity contribution in [3.63, 3.8) is 0 Å². The summed E-state index contributed by atoms with van der Waals surface area (Å²) in [6, 6.07) is -0.864. The molecule has 0 aliphatic carbocycles. The first kappa shape index (κ1) is 30.9. The predicted molar refractivity (Wildman–Crippen MR) is 129 cm³/mol. The molecule has 33 heavy (non-hydrogen) atoms. The van der Waals surface area contributed by atoms with Gasteiger partial charge < -0.3 is 20.8 Å². The molecule has 0 aliphatic heterocycles. The van der Waals surface area contributed by atoms with Crippen molar-refractivity contribution in [1.82, 2.24) is 10.6 Å². The van der Waals surface area contributed by atoms with Crippen LogP contribution in [0.5, 0.6) is 0 Å². The van der Waals surface area contributed by atoms with E-state index in [9.17, 15) is 24.3 Å². The van der Waals surface area contributed by atoms with Crippen LogP contribution in [0.25, 0.3) is 0 Å². The van der Waals surface area contributed by atoms with Crippen molar-refractivity contribution in [2.75, 3.05) is 6.54 Å². The molecule has 0 heterocycles. The maximum Gasteiger partial charge on any atom is 0.326 e. The van der Waals surface area contributed by atoms with Crippen LogP contribution in [0.15, 0.2) is 0 Å². The smallest absolute Gasteiger partial charge is 0.326 e. The summed E-state index contributed by atoms with van der Waals surface area (Å²) in [5.41, 5.74) is 0. The average Bonchev–Trinajstić information content (AvgIpc) is 2.77. The molecule has 0 saturated carbocycles. The van der Waals surface area contributed by atoms with E-state index in [0.717, 1.165) is 44.9 Å². The second kappa shape index (κ2) is 21.7. The zero-order valence-electron chi connectivity index (χ0n) is 20.5. The first-order valence-corrected chi connectivity index (χ1v) is 12.9. The first-order valence-electron chi connectivity index (χ1n) is 12.9. The van der Waals surface area contributed by atoms with Crippen molar-refractivity contribution in [2.24, 2.45) is 0 Å². The minimum Gasteiger partial charge on any atom is -0.481 e. The van der Waals surface area contributed by atoms with E-state index < -0.39 is 18.0 Å². The van der Waals surface area contributed by atoms with Gasteiger partial charge in [-0.1, -0.05) is 71.1 Å². The molecule has 0 spiro atoms. The molecule has 0 aromatic rings. The molecule has 0 radical (unpaired) electrons. The molecule has 0 bridgehead atoms. The Morgan fingerprint density at radius 2 is 1.12 bits per heavy atom. The molecule has 1 unspecified atom stereocenters. The van der Waals surface area contributed by atoms with Gasteiger partial charge in [0.1, 0.15) is 6.04 Å². The van der Waals surface area contributed by atoms with Gasteiger partial charge in [0.25, 0.3) is 0 Å². The molecule has 8 nitrogen and oxygen atoms in total.